The summed E-state index contributed by atoms with van der Waals surface area (Å²) in [5, 5.41) is 10.9. The highest BCUT2D eigenvalue weighted by Gasteiger charge is 2.54. The van der Waals surface area contributed by atoms with E-state index in [1.165, 1.54) is 5.56 Å². The maximum absolute atomic E-state index is 9.92. The summed E-state index contributed by atoms with van der Waals surface area (Å²) in [7, 11) is 3.70. The fourth-order valence-electron chi connectivity index (χ4n) is 5.12. The van der Waals surface area contributed by atoms with Gasteiger partial charge in [0.05, 0.1) is 24.6 Å². The van der Waals surface area contributed by atoms with E-state index in [9.17, 15) is 5.11 Å². The molecule has 1 aliphatic carbocycles. The summed E-state index contributed by atoms with van der Waals surface area (Å²) in [5.74, 6) is 1.11. The van der Waals surface area contributed by atoms with Crippen molar-refractivity contribution in [2.75, 3.05) is 25.7 Å². The van der Waals surface area contributed by atoms with Crippen molar-refractivity contribution in [2.24, 2.45) is 5.92 Å². The summed E-state index contributed by atoms with van der Waals surface area (Å²) in [6.07, 6.45) is 4.22. The zero-order valence-electron chi connectivity index (χ0n) is 18.9. The van der Waals surface area contributed by atoms with Gasteiger partial charge in [-0.3, -0.25) is 0 Å². The summed E-state index contributed by atoms with van der Waals surface area (Å²) in [4.78, 5) is 11.3. The molecule has 0 unspecified atom stereocenters. The minimum Gasteiger partial charge on any atom is -0.497 e. The highest BCUT2D eigenvalue weighted by Crippen LogP contribution is 2.47. The Morgan fingerprint density at radius 1 is 1.16 bits per heavy atom. The number of aromatic nitrogens is 3. The average molecular weight is 439 g/mol. The molecule has 0 radical (unpaired) electrons. The van der Waals surface area contributed by atoms with Crippen molar-refractivity contribution in [3.63, 3.8) is 0 Å². The van der Waals surface area contributed by atoms with Gasteiger partial charge in [-0.15, -0.1) is 0 Å². The first-order valence-corrected chi connectivity index (χ1v) is 11.0. The number of nitrogens with zero attached hydrogens (tertiary/aromatic N) is 4. The number of aliphatic hydroxyl groups excluding tert-OH is 1. The average Bonchev–Trinajstić information content (AvgIpc) is 3.44. The van der Waals surface area contributed by atoms with E-state index < -0.39 is 5.79 Å². The second-order valence-electron chi connectivity index (χ2n) is 9.17. The number of ether oxygens (including phenoxy) is 3. The summed E-state index contributed by atoms with van der Waals surface area (Å²) in [5.41, 5.74) is 2.04. The standard InChI is InChI=1S/C24H30N4O4/c1-24(2)31-20-16(13-29)11-19(21(20)32-24)28-10-9-18-22(25-14-26-23(18)28)27(3)12-15-5-7-17(30-4)8-6-15/h5-10,14,16,19-21,29H,11-13H2,1-4H3/t16-,19-,20-,21+/m1/s1. The lowest BCUT2D eigenvalue weighted by molar-refractivity contribution is -0.161. The predicted octanol–water partition coefficient (Wildman–Crippen LogP) is 3.15. The zero-order chi connectivity index (χ0) is 22.5. The molecular formula is C24H30N4O4. The van der Waals surface area contributed by atoms with Crippen LogP contribution in [0.3, 0.4) is 0 Å². The molecule has 1 saturated carbocycles. The summed E-state index contributed by atoms with van der Waals surface area (Å²) in [6, 6.07) is 10.2. The van der Waals surface area contributed by atoms with Crippen LogP contribution in [0.2, 0.25) is 0 Å². The first-order valence-electron chi connectivity index (χ1n) is 11.0. The highest BCUT2D eigenvalue weighted by molar-refractivity contribution is 5.87. The molecule has 0 amide bonds. The van der Waals surface area contributed by atoms with Crippen LogP contribution in [0.25, 0.3) is 11.0 Å². The Kier molecular flexibility index (Phi) is 5.31. The van der Waals surface area contributed by atoms with E-state index in [0.29, 0.717) is 6.54 Å². The third-order valence-corrected chi connectivity index (χ3v) is 6.57. The lowest BCUT2D eigenvalue weighted by atomic mass is 10.1. The van der Waals surface area contributed by atoms with Crippen LogP contribution < -0.4 is 9.64 Å². The van der Waals surface area contributed by atoms with Gasteiger partial charge >= 0.3 is 0 Å². The Morgan fingerprint density at radius 2 is 1.91 bits per heavy atom. The van der Waals surface area contributed by atoms with Crippen molar-refractivity contribution in [2.45, 2.75) is 50.8 Å². The molecular weight excluding hydrogens is 408 g/mol. The van der Waals surface area contributed by atoms with Gasteiger partial charge in [-0.05, 0) is 44.0 Å². The molecule has 2 fully saturated rings. The largest absolute Gasteiger partial charge is 0.497 e. The number of aliphatic hydroxyl groups is 1. The first kappa shape index (κ1) is 21.2. The number of hydrogen-bond acceptors (Lipinski definition) is 7. The Balaban J connectivity index is 1.44. The number of anilines is 1. The maximum atomic E-state index is 9.92. The molecule has 8 nitrogen and oxygen atoms in total. The lowest BCUT2D eigenvalue weighted by Crippen LogP contribution is -2.27. The predicted molar refractivity (Wildman–Crippen MR) is 121 cm³/mol. The molecule has 2 aliphatic rings. The Labute approximate surface area is 187 Å². The summed E-state index contributed by atoms with van der Waals surface area (Å²) >= 11 is 0. The maximum Gasteiger partial charge on any atom is 0.163 e. The zero-order valence-corrected chi connectivity index (χ0v) is 18.9. The van der Waals surface area contributed by atoms with E-state index in [2.05, 4.69) is 43.8 Å². The van der Waals surface area contributed by atoms with Crippen molar-refractivity contribution in [3.05, 3.63) is 48.4 Å². The first-order chi connectivity index (χ1) is 15.4. The van der Waals surface area contributed by atoms with Crippen LogP contribution in [-0.4, -0.2) is 58.4 Å². The van der Waals surface area contributed by atoms with Gasteiger partial charge < -0.3 is 28.8 Å². The molecule has 3 heterocycles. The Hall–Kier alpha value is -2.68. The second kappa shape index (κ2) is 8.03. The van der Waals surface area contributed by atoms with Crippen LogP contribution in [0, 0.1) is 5.92 Å². The van der Waals surface area contributed by atoms with Crippen LogP contribution in [0.1, 0.15) is 31.9 Å². The molecule has 1 aromatic carbocycles. The smallest absolute Gasteiger partial charge is 0.163 e. The third kappa shape index (κ3) is 3.62. The van der Waals surface area contributed by atoms with Crippen molar-refractivity contribution in [1.82, 2.24) is 14.5 Å². The summed E-state index contributed by atoms with van der Waals surface area (Å²) in [6.45, 7) is 4.66. The minimum absolute atomic E-state index is 0.0447. The molecule has 5 rings (SSSR count). The quantitative estimate of drug-likeness (QED) is 0.633. The highest BCUT2D eigenvalue weighted by atomic mass is 16.8. The van der Waals surface area contributed by atoms with Gasteiger partial charge in [0.15, 0.2) is 5.79 Å². The number of methoxy groups -OCH3 is 1. The van der Waals surface area contributed by atoms with Gasteiger partial charge in [-0.2, -0.15) is 0 Å². The second-order valence-corrected chi connectivity index (χ2v) is 9.17. The van der Waals surface area contributed by atoms with Crippen molar-refractivity contribution >= 4 is 16.9 Å². The van der Waals surface area contributed by atoms with Gasteiger partial charge in [0.1, 0.15) is 29.6 Å². The number of fused-ring (bicyclic) bond motifs is 2. The van der Waals surface area contributed by atoms with Crippen molar-refractivity contribution < 1.29 is 19.3 Å². The molecule has 1 saturated heterocycles. The Morgan fingerprint density at radius 3 is 2.62 bits per heavy atom. The fourth-order valence-corrected chi connectivity index (χ4v) is 5.12. The van der Waals surface area contributed by atoms with E-state index in [-0.39, 0.29) is 30.8 Å². The van der Waals surface area contributed by atoms with Gasteiger partial charge in [-0.1, -0.05) is 12.1 Å². The van der Waals surface area contributed by atoms with E-state index in [0.717, 1.165) is 29.0 Å². The van der Waals surface area contributed by atoms with Crippen LogP contribution in [0.4, 0.5) is 5.82 Å². The molecule has 170 valence electrons. The monoisotopic (exact) mass is 438 g/mol. The third-order valence-electron chi connectivity index (χ3n) is 6.57. The van der Waals surface area contributed by atoms with Crippen molar-refractivity contribution in [3.8, 4) is 5.75 Å². The van der Waals surface area contributed by atoms with E-state index in [1.807, 2.05) is 33.0 Å². The van der Waals surface area contributed by atoms with Gasteiger partial charge in [0.2, 0.25) is 0 Å². The molecule has 1 aliphatic heterocycles. The topological polar surface area (TPSA) is 81.9 Å². The number of hydrogen-bond donors (Lipinski definition) is 1. The normalized spacial score (nSPS) is 26.4. The van der Waals surface area contributed by atoms with E-state index in [1.54, 1.807) is 13.4 Å². The fraction of sp³-hybridized carbons (Fsp3) is 0.500. The van der Waals surface area contributed by atoms with Gasteiger partial charge in [0.25, 0.3) is 0 Å². The molecule has 4 atom stereocenters. The number of benzene rings is 1. The molecule has 2 aromatic heterocycles. The lowest BCUT2D eigenvalue weighted by Gasteiger charge is -2.24. The van der Waals surface area contributed by atoms with Crippen LogP contribution in [0.15, 0.2) is 42.9 Å². The van der Waals surface area contributed by atoms with Crippen molar-refractivity contribution in [1.29, 1.82) is 0 Å². The Bertz CT molecular complexity index is 1100. The molecule has 32 heavy (non-hydrogen) atoms. The van der Waals surface area contributed by atoms with Crippen LogP contribution in [-0.2, 0) is 16.0 Å². The molecule has 0 bridgehead atoms. The minimum atomic E-state index is -0.650. The molecule has 8 heteroatoms. The van der Waals surface area contributed by atoms with Gasteiger partial charge in [-0.25, -0.2) is 9.97 Å². The van der Waals surface area contributed by atoms with Gasteiger partial charge in [0, 0.05) is 32.3 Å². The van der Waals surface area contributed by atoms with Crippen LogP contribution >= 0.6 is 0 Å². The van der Waals surface area contributed by atoms with E-state index >= 15 is 0 Å². The van der Waals surface area contributed by atoms with Crippen LogP contribution in [0.5, 0.6) is 5.75 Å². The summed E-state index contributed by atoms with van der Waals surface area (Å²) < 4.78 is 19.8. The SMILES string of the molecule is COc1ccc(CN(C)c2ncnc3c2ccn3[C@@H]2C[C@H](CO)[C@H]3OC(C)(C)O[C@H]32)cc1. The van der Waals surface area contributed by atoms with E-state index in [4.69, 9.17) is 14.2 Å². The molecule has 1 N–H and O–H groups in total. The molecule has 0 spiro atoms. The number of rotatable bonds is 6. The molecule has 3 aromatic rings.